The summed E-state index contributed by atoms with van der Waals surface area (Å²) in [6.07, 6.45) is 1.19. The van der Waals surface area contributed by atoms with E-state index in [4.69, 9.17) is 4.74 Å². The first-order chi connectivity index (χ1) is 8.74. The molecule has 1 aliphatic rings. The van der Waals surface area contributed by atoms with Crippen LogP contribution in [0.15, 0.2) is 18.2 Å². The van der Waals surface area contributed by atoms with E-state index < -0.39 is 0 Å². The molecule has 1 atom stereocenters. The van der Waals surface area contributed by atoms with E-state index in [-0.39, 0.29) is 11.9 Å². The van der Waals surface area contributed by atoms with Crippen molar-refractivity contribution in [1.82, 2.24) is 5.32 Å². The zero-order valence-corrected chi connectivity index (χ0v) is 11.1. The molecular formula is C14H21FN2O. The second kappa shape index (κ2) is 6.16. The molecule has 100 valence electrons. The van der Waals surface area contributed by atoms with E-state index in [1.807, 2.05) is 19.1 Å². The van der Waals surface area contributed by atoms with Crippen molar-refractivity contribution < 1.29 is 9.13 Å². The molecule has 3 nitrogen and oxygen atoms in total. The second-order valence-electron chi connectivity index (χ2n) is 4.66. The summed E-state index contributed by atoms with van der Waals surface area (Å²) in [6, 6.07) is 5.49. The normalized spacial score (nSPS) is 19.5. The summed E-state index contributed by atoms with van der Waals surface area (Å²) in [5, 5.41) is 3.20. The fourth-order valence-corrected chi connectivity index (χ4v) is 2.33. The van der Waals surface area contributed by atoms with Crippen molar-refractivity contribution in [2.24, 2.45) is 0 Å². The van der Waals surface area contributed by atoms with Crippen LogP contribution >= 0.6 is 0 Å². The third-order valence-corrected chi connectivity index (χ3v) is 3.41. The SMILES string of the molecule is CCNCc1ccc(N2CCC(OC)C2)c(F)c1. The molecule has 0 aliphatic carbocycles. The van der Waals surface area contributed by atoms with Gasteiger partial charge in [0.2, 0.25) is 0 Å². The van der Waals surface area contributed by atoms with Crippen LogP contribution in [0.5, 0.6) is 0 Å². The van der Waals surface area contributed by atoms with Gasteiger partial charge in [-0.3, -0.25) is 0 Å². The van der Waals surface area contributed by atoms with Crippen molar-refractivity contribution in [3.8, 4) is 0 Å². The van der Waals surface area contributed by atoms with Crippen LogP contribution in [0.2, 0.25) is 0 Å². The number of methoxy groups -OCH3 is 1. The predicted molar refractivity (Wildman–Crippen MR) is 71.4 cm³/mol. The smallest absolute Gasteiger partial charge is 0.146 e. The Kier molecular flexibility index (Phi) is 4.55. The van der Waals surface area contributed by atoms with Crippen molar-refractivity contribution in [2.75, 3.05) is 31.6 Å². The lowest BCUT2D eigenvalue weighted by Gasteiger charge is -2.19. The first-order valence-electron chi connectivity index (χ1n) is 6.51. The van der Waals surface area contributed by atoms with Crippen molar-refractivity contribution in [1.29, 1.82) is 0 Å². The quantitative estimate of drug-likeness (QED) is 0.869. The topological polar surface area (TPSA) is 24.5 Å². The molecule has 1 unspecified atom stereocenters. The average Bonchev–Trinajstić information content (AvgIpc) is 2.85. The van der Waals surface area contributed by atoms with E-state index in [9.17, 15) is 4.39 Å². The van der Waals surface area contributed by atoms with Gasteiger partial charge in [-0.05, 0) is 30.7 Å². The van der Waals surface area contributed by atoms with E-state index in [0.29, 0.717) is 12.2 Å². The monoisotopic (exact) mass is 252 g/mol. The van der Waals surface area contributed by atoms with Crippen LogP contribution in [0.1, 0.15) is 18.9 Å². The molecule has 18 heavy (non-hydrogen) atoms. The fourth-order valence-electron chi connectivity index (χ4n) is 2.33. The van der Waals surface area contributed by atoms with Gasteiger partial charge >= 0.3 is 0 Å². The summed E-state index contributed by atoms with van der Waals surface area (Å²) in [5.41, 5.74) is 1.68. The summed E-state index contributed by atoms with van der Waals surface area (Å²) in [6.45, 7) is 5.29. The van der Waals surface area contributed by atoms with Crippen molar-refractivity contribution in [3.63, 3.8) is 0 Å². The van der Waals surface area contributed by atoms with Crippen LogP contribution < -0.4 is 10.2 Å². The highest BCUT2D eigenvalue weighted by Gasteiger charge is 2.24. The van der Waals surface area contributed by atoms with Gasteiger partial charge in [0.25, 0.3) is 0 Å². The molecule has 0 amide bonds. The van der Waals surface area contributed by atoms with Crippen LogP contribution in [-0.4, -0.2) is 32.8 Å². The summed E-state index contributed by atoms with van der Waals surface area (Å²) in [4.78, 5) is 2.06. The Labute approximate surface area is 108 Å². The summed E-state index contributed by atoms with van der Waals surface area (Å²) in [5.74, 6) is -0.137. The maximum atomic E-state index is 14.1. The number of hydrogen-bond donors (Lipinski definition) is 1. The molecule has 0 radical (unpaired) electrons. The Balaban J connectivity index is 2.05. The fraction of sp³-hybridized carbons (Fsp3) is 0.571. The van der Waals surface area contributed by atoms with E-state index in [0.717, 1.165) is 31.6 Å². The van der Waals surface area contributed by atoms with E-state index in [1.54, 1.807) is 13.2 Å². The molecule has 2 rings (SSSR count). The van der Waals surface area contributed by atoms with E-state index >= 15 is 0 Å². The minimum absolute atomic E-state index is 0.137. The molecule has 1 aromatic rings. The molecular weight excluding hydrogens is 231 g/mol. The van der Waals surface area contributed by atoms with Crippen LogP contribution in [0.4, 0.5) is 10.1 Å². The highest BCUT2D eigenvalue weighted by molar-refractivity contribution is 5.50. The molecule has 0 saturated carbocycles. The maximum absolute atomic E-state index is 14.1. The third kappa shape index (κ3) is 3.00. The predicted octanol–water partition coefficient (Wildman–Crippen LogP) is 2.16. The van der Waals surface area contributed by atoms with Gasteiger partial charge in [0.15, 0.2) is 0 Å². The van der Waals surface area contributed by atoms with Crippen molar-refractivity contribution >= 4 is 5.69 Å². The largest absolute Gasteiger partial charge is 0.380 e. The third-order valence-electron chi connectivity index (χ3n) is 3.41. The number of nitrogens with zero attached hydrogens (tertiary/aromatic N) is 1. The van der Waals surface area contributed by atoms with Crippen LogP contribution in [-0.2, 0) is 11.3 Å². The van der Waals surface area contributed by atoms with Gasteiger partial charge in [-0.15, -0.1) is 0 Å². The number of hydrogen-bond acceptors (Lipinski definition) is 3. The lowest BCUT2D eigenvalue weighted by molar-refractivity contribution is 0.121. The second-order valence-corrected chi connectivity index (χ2v) is 4.66. The Hall–Kier alpha value is -1.13. The van der Waals surface area contributed by atoms with Gasteiger partial charge in [0.1, 0.15) is 5.82 Å². The number of rotatable bonds is 5. The maximum Gasteiger partial charge on any atom is 0.146 e. The molecule has 0 aromatic heterocycles. The number of halogens is 1. The Bertz CT molecular complexity index is 397. The Morgan fingerprint density at radius 2 is 2.33 bits per heavy atom. The molecule has 1 N–H and O–H groups in total. The minimum atomic E-state index is -0.137. The van der Waals surface area contributed by atoms with Gasteiger partial charge in [-0.1, -0.05) is 13.0 Å². The minimum Gasteiger partial charge on any atom is -0.380 e. The molecule has 1 saturated heterocycles. The van der Waals surface area contributed by atoms with Gasteiger partial charge in [0, 0.05) is 26.7 Å². The summed E-state index contributed by atoms with van der Waals surface area (Å²) < 4.78 is 19.4. The summed E-state index contributed by atoms with van der Waals surface area (Å²) in [7, 11) is 1.71. The standard InChI is InChI=1S/C14H21FN2O/c1-3-16-9-11-4-5-14(13(15)8-11)17-7-6-12(10-17)18-2/h4-5,8,12,16H,3,6-7,9-10H2,1-2H3. The zero-order chi connectivity index (χ0) is 13.0. The van der Waals surface area contributed by atoms with Crippen LogP contribution in [0, 0.1) is 5.82 Å². The van der Waals surface area contributed by atoms with Gasteiger partial charge in [0.05, 0.1) is 11.8 Å². The number of anilines is 1. The van der Waals surface area contributed by atoms with Crippen LogP contribution in [0.3, 0.4) is 0 Å². The lowest BCUT2D eigenvalue weighted by atomic mass is 10.2. The Morgan fingerprint density at radius 1 is 1.50 bits per heavy atom. The molecule has 0 bridgehead atoms. The molecule has 1 aliphatic heterocycles. The van der Waals surface area contributed by atoms with Gasteiger partial charge in [-0.2, -0.15) is 0 Å². The molecule has 1 heterocycles. The first-order valence-corrected chi connectivity index (χ1v) is 6.51. The lowest BCUT2D eigenvalue weighted by Crippen LogP contribution is -2.23. The highest BCUT2D eigenvalue weighted by atomic mass is 19.1. The molecule has 1 aromatic carbocycles. The van der Waals surface area contributed by atoms with E-state index in [2.05, 4.69) is 10.2 Å². The zero-order valence-electron chi connectivity index (χ0n) is 11.1. The molecule has 4 heteroatoms. The Morgan fingerprint density at radius 3 is 2.94 bits per heavy atom. The first kappa shape index (κ1) is 13.3. The van der Waals surface area contributed by atoms with Gasteiger partial charge in [-0.25, -0.2) is 4.39 Å². The average molecular weight is 252 g/mol. The van der Waals surface area contributed by atoms with Crippen molar-refractivity contribution in [3.05, 3.63) is 29.6 Å². The molecule has 1 fully saturated rings. The summed E-state index contributed by atoms with van der Waals surface area (Å²) >= 11 is 0. The number of benzene rings is 1. The van der Waals surface area contributed by atoms with E-state index in [1.165, 1.54) is 0 Å². The number of nitrogens with one attached hydrogen (secondary N) is 1. The number of ether oxygens (including phenoxy) is 1. The highest BCUT2D eigenvalue weighted by Crippen LogP contribution is 2.25. The van der Waals surface area contributed by atoms with Gasteiger partial charge < -0.3 is 15.0 Å². The van der Waals surface area contributed by atoms with Crippen molar-refractivity contribution in [2.45, 2.75) is 26.0 Å². The van der Waals surface area contributed by atoms with Crippen LogP contribution in [0.25, 0.3) is 0 Å². The molecule has 0 spiro atoms.